The number of amides is 1. The van der Waals surface area contributed by atoms with Crippen LogP contribution in [-0.4, -0.2) is 65.7 Å². The van der Waals surface area contributed by atoms with Gasteiger partial charge in [0.15, 0.2) is 0 Å². The van der Waals surface area contributed by atoms with E-state index < -0.39 is 0 Å². The second-order valence-electron chi connectivity index (χ2n) is 9.05. The van der Waals surface area contributed by atoms with Gasteiger partial charge in [0.1, 0.15) is 11.5 Å². The zero-order valence-corrected chi connectivity index (χ0v) is 21.3. The summed E-state index contributed by atoms with van der Waals surface area (Å²) < 4.78 is 5.45. The highest BCUT2D eigenvalue weighted by Crippen LogP contribution is 2.27. The van der Waals surface area contributed by atoms with E-state index in [-0.39, 0.29) is 11.2 Å². The number of halogens is 1. The molecule has 2 aromatic heterocycles. The summed E-state index contributed by atoms with van der Waals surface area (Å²) in [7, 11) is 1.91. The van der Waals surface area contributed by atoms with Crippen LogP contribution in [0.2, 0.25) is 5.28 Å². The molecule has 0 radical (unpaired) electrons. The van der Waals surface area contributed by atoms with E-state index in [1.165, 1.54) is 5.56 Å². The number of carbonyl (C=O) groups excluding carboxylic acids is 1. The molecule has 2 N–H and O–H groups in total. The van der Waals surface area contributed by atoms with Crippen LogP contribution >= 0.6 is 11.6 Å². The van der Waals surface area contributed by atoms with Gasteiger partial charge in [0, 0.05) is 62.8 Å². The number of fused-ring (bicyclic) bond motifs is 1. The normalized spacial score (nSPS) is 15.4. The second kappa shape index (κ2) is 10.7. The van der Waals surface area contributed by atoms with Crippen LogP contribution in [0.15, 0.2) is 36.5 Å². The second-order valence-corrected chi connectivity index (χ2v) is 9.39. The molecule has 0 spiro atoms. The van der Waals surface area contributed by atoms with Gasteiger partial charge in [0.05, 0.1) is 25.5 Å². The third-order valence-electron chi connectivity index (χ3n) is 6.54. The Morgan fingerprint density at radius 3 is 2.78 bits per heavy atom. The Morgan fingerprint density at radius 1 is 1.14 bits per heavy atom. The maximum Gasteiger partial charge on any atom is 0.272 e. The maximum atomic E-state index is 13.4. The van der Waals surface area contributed by atoms with Crippen LogP contribution in [0.3, 0.4) is 0 Å². The summed E-state index contributed by atoms with van der Waals surface area (Å²) in [5.74, 6) is 0.555. The van der Waals surface area contributed by atoms with Gasteiger partial charge in [-0.1, -0.05) is 6.07 Å². The molecule has 1 amide bonds. The summed E-state index contributed by atoms with van der Waals surface area (Å²) in [4.78, 5) is 30.8. The number of benzene rings is 1. The molecule has 3 aromatic rings. The summed E-state index contributed by atoms with van der Waals surface area (Å²) in [5, 5.41) is 6.82. The van der Waals surface area contributed by atoms with Gasteiger partial charge in [0.25, 0.3) is 5.91 Å². The Bertz CT molecular complexity index is 1260. The van der Waals surface area contributed by atoms with Gasteiger partial charge < -0.3 is 25.2 Å². The minimum absolute atomic E-state index is 0.103. The fourth-order valence-electron chi connectivity index (χ4n) is 4.71. The first-order valence-electron chi connectivity index (χ1n) is 12.2. The lowest BCUT2D eigenvalue weighted by atomic mass is 10.0. The van der Waals surface area contributed by atoms with Crippen molar-refractivity contribution < 1.29 is 9.53 Å². The molecule has 36 heavy (non-hydrogen) atoms. The van der Waals surface area contributed by atoms with E-state index in [1.54, 1.807) is 6.20 Å². The molecule has 2 aliphatic rings. The monoisotopic (exact) mass is 507 g/mol. The topological polar surface area (TPSA) is 95.5 Å². The molecule has 188 valence electrons. The van der Waals surface area contributed by atoms with Gasteiger partial charge >= 0.3 is 0 Å². The highest BCUT2D eigenvalue weighted by Gasteiger charge is 2.27. The van der Waals surface area contributed by atoms with Crippen LogP contribution in [-0.2, 0) is 24.2 Å². The van der Waals surface area contributed by atoms with E-state index in [0.717, 1.165) is 41.3 Å². The number of morpholine rings is 1. The highest BCUT2D eigenvalue weighted by molar-refractivity contribution is 6.28. The number of nitrogens with one attached hydrogen (secondary N) is 2. The van der Waals surface area contributed by atoms with Crippen molar-refractivity contribution in [2.24, 2.45) is 0 Å². The van der Waals surface area contributed by atoms with Gasteiger partial charge in [-0.05, 0) is 53.9 Å². The maximum absolute atomic E-state index is 13.4. The van der Waals surface area contributed by atoms with Crippen LogP contribution in [0.25, 0.3) is 0 Å². The first kappa shape index (κ1) is 24.3. The third kappa shape index (κ3) is 5.37. The zero-order chi connectivity index (χ0) is 25.1. The lowest BCUT2D eigenvalue weighted by Crippen LogP contribution is -2.38. The first-order chi connectivity index (χ1) is 17.5. The Balaban J connectivity index is 1.34. The van der Waals surface area contributed by atoms with Crippen molar-refractivity contribution >= 4 is 34.7 Å². The number of carbonyl (C=O) groups is 1. The molecule has 0 aliphatic carbocycles. The number of anilines is 3. The van der Waals surface area contributed by atoms with Crippen molar-refractivity contribution in [3.8, 4) is 0 Å². The summed E-state index contributed by atoms with van der Waals surface area (Å²) >= 11 is 6.25. The van der Waals surface area contributed by atoms with E-state index in [2.05, 4.69) is 55.6 Å². The fraction of sp³-hybridized carbons (Fsp3) is 0.385. The lowest BCUT2D eigenvalue weighted by molar-refractivity contribution is 0.0728. The standard InChI is InChI=1S/C26H30ClN7O2/c1-17-11-18(13-19(12-17)28-2)15-30-24-21-16-34(6-4-22(21)31-26(27)32-24)25(35)23-14-20(3-5-29-23)33-7-9-36-10-8-33/h3,5,11-14,28H,4,6-10,15-16H2,1-2H3,(H,30,31,32). The van der Waals surface area contributed by atoms with Gasteiger partial charge in [0.2, 0.25) is 5.28 Å². The minimum atomic E-state index is -0.103. The quantitative estimate of drug-likeness (QED) is 0.489. The van der Waals surface area contributed by atoms with Crippen LogP contribution in [0.4, 0.5) is 17.2 Å². The van der Waals surface area contributed by atoms with Gasteiger partial charge in [-0.25, -0.2) is 9.97 Å². The molecule has 5 rings (SSSR count). The molecule has 0 bridgehead atoms. The van der Waals surface area contributed by atoms with E-state index in [0.29, 0.717) is 50.8 Å². The van der Waals surface area contributed by atoms with Crippen LogP contribution in [0, 0.1) is 6.92 Å². The Kier molecular flexibility index (Phi) is 7.20. The summed E-state index contributed by atoms with van der Waals surface area (Å²) in [6.07, 6.45) is 2.31. The molecule has 1 aromatic carbocycles. The van der Waals surface area contributed by atoms with Gasteiger partial charge in [-0.15, -0.1) is 0 Å². The van der Waals surface area contributed by atoms with Crippen LogP contribution in [0.5, 0.6) is 0 Å². The molecule has 2 aliphatic heterocycles. The largest absolute Gasteiger partial charge is 0.388 e. The third-order valence-corrected chi connectivity index (χ3v) is 6.71. The fourth-order valence-corrected chi connectivity index (χ4v) is 4.90. The predicted octanol–water partition coefficient (Wildman–Crippen LogP) is 3.52. The minimum Gasteiger partial charge on any atom is -0.388 e. The van der Waals surface area contributed by atoms with Gasteiger partial charge in [-0.3, -0.25) is 9.78 Å². The molecule has 9 nitrogen and oxygen atoms in total. The molecule has 4 heterocycles. The number of aromatic nitrogens is 3. The Hall–Kier alpha value is -3.43. The predicted molar refractivity (Wildman–Crippen MR) is 141 cm³/mol. The van der Waals surface area contributed by atoms with E-state index in [9.17, 15) is 4.79 Å². The zero-order valence-electron chi connectivity index (χ0n) is 20.6. The lowest BCUT2D eigenvalue weighted by Gasteiger charge is -2.31. The molecule has 0 atom stereocenters. The number of hydrogen-bond donors (Lipinski definition) is 2. The number of ether oxygens (including phenoxy) is 1. The van der Waals surface area contributed by atoms with Gasteiger partial charge in [-0.2, -0.15) is 0 Å². The molecule has 1 fully saturated rings. The average molecular weight is 508 g/mol. The number of aryl methyl sites for hydroxylation is 1. The number of pyridine rings is 1. The Labute approximate surface area is 215 Å². The van der Waals surface area contributed by atoms with Crippen LogP contribution < -0.4 is 15.5 Å². The van der Waals surface area contributed by atoms with Crippen molar-refractivity contribution in [3.63, 3.8) is 0 Å². The SMILES string of the molecule is CNc1cc(C)cc(CNc2nc(Cl)nc3c2CN(C(=O)c2cc(N4CCOCC4)ccn2)CC3)c1. The smallest absolute Gasteiger partial charge is 0.272 e. The highest BCUT2D eigenvalue weighted by atomic mass is 35.5. The summed E-state index contributed by atoms with van der Waals surface area (Å²) in [5.41, 5.74) is 6.54. The van der Waals surface area contributed by atoms with Crippen molar-refractivity contribution in [1.29, 1.82) is 0 Å². The first-order valence-corrected chi connectivity index (χ1v) is 12.5. The van der Waals surface area contributed by atoms with E-state index >= 15 is 0 Å². The number of rotatable bonds is 6. The molecule has 0 unspecified atom stereocenters. The van der Waals surface area contributed by atoms with Crippen molar-refractivity contribution in [2.45, 2.75) is 26.4 Å². The van der Waals surface area contributed by atoms with Crippen LogP contribution in [0.1, 0.15) is 32.9 Å². The molecule has 1 saturated heterocycles. The Morgan fingerprint density at radius 2 is 1.97 bits per heavy atom. The van der Waals surface area contributed by atoms with Crippen molar-refractivity contribution in [1.82, 2.24) is 19.9 Å². The summed E-state index contributed by atoms with van der Waals surface area (Å²) in [6, 6.07) is 10.1. The van der Waals surface area contributed by atoms with E-state index in [4.69, 9.17) is 16.3 Å². The molecule has 10 heteroatoms. The molecular formula is C26H30ClN7O2. The van der Waals surface area contributed by atoms with E-state index in [1.807, 2.05) is 24.1 Å². The van der Waals surface area contributed by atoms with Crippen molar-refractivity contribution in [2.75, 3.05) is 55.4 Å². The number of hydrogen-bond acceptors (Lipinski definition) is 8. The average Bonchev–Trinajstić information content (AvgIpc) is 2.91. The number of nitrogens with zero attached hydrogens (tertiary/aromatic N) is 5. The van der Waals surface area contributed by atoms with Crippen molar-refractivity contribution in [3.05, 3.63) is 69.9 Å². The summed E-state index contributed by atoms with van der Waals surface area (Å²) in [6.45, 7) is 6.57. The molecular weight excluding hydrogens is 478 g/mol. The molecule has 0 saturated carbocycles.